The third kappa shape index (κ3) is 3.56. The van der Waals surface area contributed by atoms with E-state index in [4.69, 9.17) is 16.9 Å². The first kappa shape index (κ1) is 15.8. The standard InChI is InChI=1S/C14H16ClN5S/c1-10(19(2)3)13-17-18-14(21-9-8-16)20(13)12-6-4-11(15)5-7-12/h4-7,10H,9H2,1-3H3. The summed E-state index contributed by atoms with van der Waals surface area (Å²) in [7, 11) is 3.99. The molecule has 7 heteroatoms. The molecular weight excluding hydrogens is 306 g/mol. The van der Waals surface area contributed by atoms with Crippen LogP contribution in [-0.2, 0) is 0 Å². The lowest BCUT2D eigenvalue weighted by Gasteiger charge is -2.20. The summed E-state index contributed by atoms with van der Waals surface area (Å²) < 4.78 is 1.98. The van der Waals surface area contributed by atoms with E-state index in [0.29, 0.717) is 15.9 Å². The van der Waals surface area contributed by atoms with Crippen LogP contribution in [0.2, 0.25) is 5.02 Å². The summed E-state index contributed by atoms with van der Waals surface area (Å²) >= 11 is 7.33. The number of aromatic nitrogens is 3. The van der Waals surface area contributed by atoms with Crippen molar-refractivity contribution in [1.82, 2.24) is 19.7 Å². The number of hydrogen-bond acceptors (Lipinski definition) is 5. The molecular formula is C14H16ClN5S. The first-order valence-corrected chi connectivity index (χ1v) is 7.78. The highest BCUT2D eigenvalue weighted by molar-refractivity contribution is 7.99. The van der Waals surface area contributed by atoms with Crippen molar-refractivity contribution in [2.45, 2.75) is 18.1 Å². The highest BCUT2D eigenvalue weighted by atomic mass is 35.5. The van der Waals surface area contributed by atoms with Crippen molar-refractivity contribution < 1.29 is 0 Å². The molecule has 0 aliphatic heterocycles. The Morgan fingerprint density at radius 3 is 2.57 bits per heavy atom. The molecule has 1 heterocycles. The van der Waals surface area contributed by atoms with E-state index >= 15 is 0 Å². The van der Waals surface area contributed by atoms with Crippen molar-refractivity contribution in [2.24, 2.45) is 0 Å². The van der Waals surface area contributed by atoms with E-state index in [2.05, 4.69) is 28.1 Å². The Balaban J connectivity index is 2.50. The Morgan fingerprint density at radius 2 is 2.00 bits per heavy atom. The quantitative estimate of drug-likeness (QED) is 0.792. The molecule has 0 radical (unpaired) electrons. The second-order valence-corrected chi connectivity index (χ2v) is 6.12. The van der Waals surface area contributed by atoms with Gasteiger partial charge in [0.05, 0.1) is 17.9 Å². The van der Waals surface area contributed by atoms with Crippen molar-refractivity contribution in [1.29, 1.82) is 5.26 Å². The lowest BCUT2D eigenvalue weighted by molar-refractivity contribution is 0.305. The Bertz CT molecular complexity index is 644. The second-order valence-electron chi connectivity index (χ2n) is 4.74. The highest BCUT2D eigenvalue weighted by Crippen LogP contribution is 2.27. The minimum atomic E-state index is 0.101. The molecule has 1 unspecified atom stereocenters. The number of halogens is 1. The van der Waals surface area contributed by atoms with Gasteiger partial charge in [0.2, 0.25) is 0 Å². The maximum atomic E-state index is 8.78. The zero-order valence-electron chi connectivity index (χ0n) is 12.1. The number of hydrogen-bond donors (Lipinski definition) is 0. The molecule has 0 aliphatic rings. The average Bonchev–Trinajstić information content (AvgIpc) is 2.88. The molecule has 110 valence electrons. The number of nitriles is 1. The van der Waals surface area contributed by atoms with Crippen LogP contribution >= 0.6 is 23.4 Å². The monoisotopic (exact) mass is 321 g/mol. The van der Waals surface area contributed by atoms with E-state index in [1.807, 2.05) is 42.9 Å². The van der Waals surface area contributed by atoms with Crippen molar-refractivity contribution in [3.63, 3.8) is 0 Å². The van der Waals surface area contributed by atoms with Crippen LogP contribution < -0.4 is 0 Å². The molecule has 0 saturated heterocycles. The molecule has 0 amide bonds. The maximum absolute atomic E-state index is 8.78. The Morgan fingerprint density at radius 1 is 1.33 bits per heavy atom. The van der Waals surface area contributed by atoms with Gasteiger partial charge in [0.15, 0.2) is 11.0 Å². The largest absolute Gasteiger partial charge is 0.300 e. The van der Waals surface area contributed by atoms with Crippen LogP contribution in [0.25, 0.3) is 5.69 Å². The van der Waals surface area contributed by atoms with E-state index in [-0.39, 0.29) is 6.04 Å². The van der Waals surface area contributed by atoms with Gasteiger partial charge in [0.25, 0.3) is 0 Å². The SMILES string of the molecule is CC(c1nnc(SCC#N)n1-c1ccc(Cl)cc1)N(C)C. The third-order valence-corrected chi connectivity index (χ3v) is 4.21. The number of thioether (sulfide) groups is 1. The van der Waals surface area contributed by atoms with Gasteiger partial charge in [0.1, 0.15) is 0 Å². The van der Waals surface area contributed by atoms with E-state index < -0.39 is 0 Å². The Kier molecular flexibility index (Phi) is 5.23. The highest BCUT2D eigenvalue weighted by Gasteiger charge is 2.20. The minimum Gasteiger partial charge on any atom is -0.300 e. The van der Waals surface area contributed by atoms with E-state index in [9.17, 15) is 0 Å². The number of rotatable bonds is 5. The van der Waals surface area contributed by atoms with Crippen LogP contribution in [0.1, 0.15) is 18.8 Å². The normalized spacial score (nSPS) is 12.4. The molecule has 0 spiro atoms. The molecule has 0 aliphatic carbocycles. The van der Waals surface area contributed by atoms with Crippen molar-refractivity contribution in [3.05, 3.63) is 35.1 Å². The summed E-state index contributed by atoms with van der Waals surface area (Å²) in [5, 5.41) is 18.7. The fraction of sp³-hybridized carbons (Fsp3) is 0.357. The molecule has 0 N–H and O–H groups in total. The van der Waals surface area contributed by atoms with Crippen LogP contribution in [0.15, 0.2) is 29.4 Å². The van der Waals surface area contributed by atoms with Gasteiger partial charge in [-0.3, -0.25) is 9.47 Å². The lowest BCUT2D eigenvalue weighted by Crippen LogP contribution is -2.20. The fourth-order valence-electron chi connectivity index (χ4n) is 1.81. The Labute approximate surface area is 133 Å². The molecule has 1 atom stereocenters. The van der Waals surface area contributed by atoms with Gasteiger partial charge in [-0.1, -0.05) is 23.4 Å². The summed E-state index contributed by atoms with van der Waals surface area (Å²) in [6.45, 7) is 2.06. The predicted octanol–water partition coefficient (Wildman–Crippen LogP) is 3.16. The molecule has 0 fully saturated rings. The topological polar surface area (TPSA) is 57.7 Å². The van der Waals surface area contributed by atoms with Gasteiger partial charge in [-0.15, -0.1) is 10.2 Å². The predicted molar refractivity (Wildman–Crippen MR) is 84.8 cm³/mol. The van der Waals surface area contributed by atoms with Crippen LogP contribution in [0.3, 0.4) is 0 Å². The summed E-state index contributed by atoms with van der Waals surface area (Å²) in [4.78, 5) is 2.06. The zero-order chi connectivity index (χ0) is 15.4. The van der Waals surface area contributed by atoms with Gasteiger partial charge < -0.3 is 0 Å². The van der Waals surface area contributed by atoms with Crippen LogP contribution in [0.4, 0.5) is 0 Å². The molecule has 2 aromatic rings. The molecule has 0 bridgehead atoms. The molecule has 5 nitrogen and oxygen atoms in total. The van der Waals surface area contributed by atoms with Gasteiger partial charge >= 0.3 is 0 Å². The summed E-state index contributed by atoms with van der Waals surface area (Å²) in [5.74, 6) is 1.17. The minimum absolute atomic E-state index is 0.101. The molecule has 1 aromatic heterocycles. The molecule has 1 aromatic carbocycles. The maximum Gasteiger partial charge on any atom is 0.196 e. The van der Waals surface area contributed by atoms with Gasteiger partial charge in [-0.2, -0.15) is 5.26 Å². The van der Waals surface area contributed by atoms with E-state index in [1.54, 1.807) is 0 Å². The fourth-order valence-corrected chi connectivity index (χ4v) is 2.55. The number of benzene rings is 1. The van der Waals surface area contributed by atoms with Gasteiger partial charge in [-0.05, 0) is 45.3 Å². The van der Waals surface area contributed by atoms with Crippen molar-refractivity contribution in [3.8, 4) is 11.8 Å². The smallest absolute Gasteiger partial charge is 0.196 e. The van der Waals surface area contributed by atoms with Crippen LogP contribution in [0, 0.1) is 11.3 Å². The van der Waals surface area contributed by atoms with Gasteiger partial charge in [-0.25, -0.2) is 0 Å². The molecule has 21 heavy (non-hydrogen) atoms. The van der Waals surface area contributed by atoms with E-state index in [1.165, 1.54) is 11.8 Å². The first-order valence-electron chi connectivity index (χ1n) is 6.42. The molecule has 2 rings (SSSR count). The number of nitrogens with zero attached hydrogens (tertiary/aromatic N) is 5. The average molecular weight is 322 g/mol. The molecule has 0 saturated carbocycles. The lowest BCUT2D eigenvalue weighted by atomic mass is 10.2. The van der Waals surface area contributed by atoms with Crippen molar-refractivity contribution in [2.75, 3.05) is 19.8 Å². The summed E-state index contributed by atoms with van der Waals surface area (Å²) in [6, 6.07) is 9.73. The third-order valence-electron chi connectivity index (χ3n) is 3.16. The second kappa shape index (κ2) is 6.94. The zero-order valence-corrected chi connectivity index (χ0v) is 13.7. The summed E-state index contributed by atoms with van der Waals surface area (Å²) in [6.07, 6.45) is 0. The van der Waals surface area contributed by atoms with E-state index in [0.717, 1.165) is 11.5 Å². The van der Waals surface area contributed by atoms with Gasteiger partial charge in [0, 0.05) is 10.7 Å². The Hall–Kier alpha value is -1.55. The van der Waals surface area contributed by atoms with Crippen LogP contribution in [0.5, 0.6) is 0 Å². The first-order chi connectivity index (χ1) is 10.0. The van der Waals surface area contributed by atoms with Crippen LogP contribution in [-0.4, -0.2) is 39.5 Å². The summed E-state index contributed by atoms with van der Waals surface area (Å²) in [5.41, 5.74) is 0.938. The van der Waals surface area contributed by atoms with Crippen molar-refractivity contribution >= 4 is 23.4 Å².